The van der Waals surface area contributed by atoms with E-state index < -0.39 is 0 Å². The van der Waals surface area contributed by atoms with E-state index in [1.54, 1.807) is 18.4 Å². The summed E-state index contributed by atoms with van der Waals surface area (Å²) >= 11 is 1.59. The van der Waals surface area contributed by atoms with Gasteiger partial charge in [0, 0.05) is 10.4 Å². The molecular formula is C20H16N2O2S. The number of thiazole rings is 1. The Hall–Kier alpha value is -2.92. The Labute approximate surface area is 149 Å². The monoisotopic (exact) mass is 348 g/mol. The van der Waals surface area contributed by atoms with Gasteiger partial charge in [-0.2, -0.15) is 0 Å². The number of methoxy groups -OCH3 is 1. The van der Waals surface area contributed by atoms with Crippen LogP contribution in [0.3, 0.4) is 0 Å². The number of aryl methyl sites for hydroxylation is 1. The second-order valence-corrected chi connectivity index (χ2v) is 6.87. The van der Waals surface area contributed by atoms with Crippen molar-refractivity contribution < 1.29 is 9.53 Å². The number of hydrogen-bond donors (Lipinski definition) is 0. The molecule has 2 aromatic carbocycles. The third-order valence-corrected chi connectivity index (χ3v) is 5.14. The Balaban J connectivity index is 2.00. The first-order valence-electron chi connectivity index (χ1n) is 7.90. The SMILES string of the molecule is COc1cccc(-c2nc3sc(C)c(-c4ccccc4)n3c2C=O)c1. The van der Waals surface area contributed by atoms with Crippen molar-refractivity contribution in [1.29, 1.82) is 0 Å². The minimum atomic E-state index is 0.562. The molecule has 5 heteroatoms. The maximum absolute atomic E-state index is 11.9. The lowest BCUT2D eigenvalue weighted by Crippen LogP contribution is -1.95. The van der Waals surface area contributed by atoms with Gasteiger partial charge in [0.25, 0.3) is 0 Å². The van der Waals surface area contributed by atoms with E-state index in [1.807, 2.05) is 59.0 Å². The van der Waals surface area contributed by atoms with Gasteiger partial charge in [0.05, 0.1) is 12.8 Å². The number of benzene rings is 2. The van der Waals surface area contributed by atoms with Gasteiger partial charge in [-0.15, -0.1) is 11.3 Å². The Morgan fingerprint density at radius 2 is 1.84 bits per heavy atom. The molecule has 0 radical (unpaired) electrons. The zero-order valence-corrected chi connectivity index (χ0v) is 14.7. The lowest BCUT2D eigenvalue weighted by molar-refractivity contribution is 0.111. The van der Waals surface area contributed by atoms with Crippen LogP contribution < -0.4 is 4.74 Å². The van der Waals surface area contributed by atoms with Gasteiger partial charge in [-0.25, -0.2) is 4.98 Å². The molecule has 4 aromatic rings. The van der Waals surface area contributed by atoms with E-state index in [4.69, 9.17) is 9.72 Å². The average molecular weight is 348 g/mol. The number of imidazole rings is 1. The first-order chi connectivity index (χ1) is 12.2. The fraction of sp³-hybridized carbons (Fsp3) is 0.100. The topological polar surface area (TPSA) is 43.6 Å². The molecule has 0 amide bonds. The highest BCUT2D eigenvalue weighted by atomic mass is 32.1. The van der Waals surface area contributed by atoms with Gasteiger partial charge in [-0.1, -0.05) is 42.5 Å². The molecule has 0 bridgehead atoms. The molecule has 0 aliphatic carbocycles. The molecule has 0 aliphatic rings. The minimum absolute atomic E-state index is 0.562. The standard InChI is InChI=1S/C20H16N2O2S/c1-13-19(14-7-4-3-5-8-14)22-17(12-23)18(21-20(22)25-13)15-9-6-10-16(11-15)24-2/h3-12H,1-2H3. The lowest BCUT2D eigenvalue weighted by Gasteiger charge is -2.05. The third-order valence-electron chi connectivity index (χ3n) is 4.19. The van der Waals surface area contributed by atoms with Crippen LogP contribution in [0.15, 0.2) is 54.6 Å². The molecule has 124 valence electrons. The second-order valence-electron chi connectivity index (χ2n) is 5.69. The van der Waals surface area contributed by atoms with E-state index in [-0.39, 0.29) is 0 Å². The molecule has 0 saturated carbocycles. The number of carbonyl (C=O) groups excluding carboxylic acids is 1. The summed E-state index contributed by atoms with van der Waals surface area (Å²) in [5, 5.41) is 0. The molecule has 0 atom stereocenters. The summed E-state index contributed by atoms with van der Waals surface area (Å²) in [5.74, 6) is 0.741. The molecule has 4 rings (SSSR count). The zero-order valence-electron chi connectivity index (χ0n) is 13.9. The number of aromatic nitrogens is 2. The highest BCUT2D eigenvalue weighted by molar-refractivity contribution is 7.17. The minimum Gasteiger partial charge on any atom is -0.497 e. The molecular weight excluding hydrogens is 332 g/mol. The van der Waals surface area contributed by atoms with Gasteiger partial charge in [0.15, 0.2) is 11.2 Å². The molecule has 25 heavy (non-hydrogen) atoms. The van der Waals surface area contributed by atoms with Crippen molar-refractivity contribution in [3.8, 4) is 28.3 Å². The molecule has 0 aliphatic heterocycles. The number of rotatable bonds is 4. The highest BCUT2D eigenvalue weighted by Gasteiger charge is 2.20. The normalized spacial score (nSPS) is 11.0. The van der Waals surface area contributed by atoms with Gasteiger partial charge in [-0.05, 0) is 24.6 Å². The van der Waals surface area contributed by atoms with E-state index >= 15 is 0 Å². The summed E-state index contributed by atoms with van der Waals surface area (Å²) in [6, 6.07) is 17.7. The Bertz CT molecular complexity index is 1060. The van der Waals surface area contributed by atoms with Crippen molar-refractivity contribution in [3.63, 3.8) is 0 Å². The number of ether oxygens (including phenoxy) is 1. The molecule has 0 N–H and O–H groups in total. The van der Waals surface area contributed by atoms with Crippen LogP contribution in [0, 0.1) is 6.92 Å². The smallest absolute Gasteiger partial charge is 0.195 e. The van der Waals surface area contributed by atoms with Crippen LogP contribution in [0.5, 0.6) is 5.75 Å². The van der Waals surface area contributed by atoms with Crippen molar-refractivity contribution in [2.45, 2.75) is 6.92 Å². The zero-order chi connectivity index (χ0) is 17.4. The predicted octanol–water partition coefficient (Wildman–Crippen LogP) is 4.86. The molecule has 2 heterocycles. The molecule has 0 spiro atoms. The Kier molecular flexibility index (Phi) is 3.86. The summed E-state index contributed by atoms with van der Waals surface area (Å²) < 4.78 is 7.25. The van der Waals surface area contributed by atoms with Gasteiger partial charge in [0.1, 0.15) is 17.1 Å². The quantitative estimate of drug-likeness (QED) is 0.495. The summed E-state index contributed by atoms with van der Waals surface area (Å²) in [7, 11) is 1.63. The first kappa shape index (κ1) is 15.6. The maximum atomic E-state index is 11.9. The number of carbonyl (C=O) groups is 1. The van der Waals surface area contributed by atoms with Crippen LogP contribution in [0.1, 0.15) is 15.4 Å². The molecule has 0 unspecified atom stereocenters. The Morgan fingerprint density at radius 1 is 1.08 bits per heavy atom. The van der Waals surface area contributed by atoms with Gasteiger partial charge in [-0.3, -0.25) is 9.20 Å². The van der Waals surface area contributed by atoms with E-state index in [1.165, 1.54) is 0 Å². The lowest BCUT2D eigenvalue weighted by atomic mass is 10.1. The second kappa shape index (κ2) is 6.18. The molecule has 4 nitrogen and oxygen atoms in total. The van der Waals surface area contributed by atoms with Gasteiger partial charge < -0.3 is 4.74 Å². The van der Waals surface area contributed by atoms with Crippen molar-refractivity contribution in [3.05, 3.63) is 65.2 Å². The molecule has 0 fully saturated rings. The van der Waals surface area contributed by atoms with E-state index in [0.717, 1.165) is 38.7 Å². The van der Waals surface area contributed by atoms with Crippen LogP contribution in [0.4, 0.5) is 0 Å². The van der Waals surface area contributed by atoms with Gasteiger partial charge in [0.2, 0.25) is 0 Å². The fourth-order valence-electron chi connectivity index (χ4n) is 3.06. The number of hydrogen-bond acceptors (Lipinski definition) is 4. The van der Waals surface area contributed by atoms with Gasteiger partial charge >= 0.3 is 0 Å². The fourth-order valence-corrected chi connectivity index (χ4v) is 4.06. The first-order valence-corrected chi connectivity index (χ1v) is 8.71. The van der Waals surface area contributed by atoms with E-state index in [9.17, 15) is 4.79 Å². The number of aldehydes is 1. The van der Waals surface area contributed by atoms with Crippen LogP contribution >= 0.6 is 11.3 Å². The predicted molar refractivity (Wildman–Crippen MR) is 101 cm³/mol. The summed E-state index contributed by atoms with van der Waals surface area (Å²) in [6.45, 7) is 2.06. The van der Waals surface area contributed by atoms with Crippen LogP contribution in [-0.4, -0.2) is 22.8 Å². The summed E-state index contributed by atoms with van der Waals surface area (Å²) in [5.41, 5.74) is 4.20. The molecule has 2 aromatic heterocycles. The van der Waals surface area contributed by atoms with E-state index in [2.05, 4.69) is 6.92 Å². The maximum Gasteiger partial charge on any atom is 0.195 e. The van der Waals surface area contributed by atoms with Crippen molar-refractivity contribution in [2.24, 2.45) is 0 Å². The summed E-state index contributed by atoms with van der Waals surface area (Å²) in [4.78, 5) is 18.6. The number of fused-ring (bicyclic) bond motifs is 1. The van der Waals surface area contributed by atoms with Crippen LogP contribution in [0.2, 0.25) is 0 Å². The summed E-state index contributed by atoms with van der Waals surface area (Å²) in [6.07, 6.45) is 0.882. The van der Waals surface area contributed by atoms with E-state index in [0.29, 0.717) is 11.4 Å². The average Bonchev–Trinajstić information content (AvgIpc) is 3.16. The van der Waals surface area contributed by atoms with Crippen LogP contribution in [0.25, 0.3) is 27.5 Å². The van der Waals surface area contributed by atoms with Crippen LogP contribution in [-0.2, 0) is 0 Å². The van der Waals surface area contributed by atoms with Crippen molar-refractivity contribution in [2.75, 3.05) is 7.11 Å². The number of nitrogens with zero attached hydrogens (tertiary/aromatic N) is 2. The van der Waals surface area contributed by atoms with Crippen molar-refractivity contribution in [1.82, 2.24) is 9.38 Å². The third kappa shape index (κ3) is 2.53. The largest absolute Gasteiger partial charge is 0.497 e. The molecule has 0 saturated heterocycles. The Morgan fingerprint density at radius 3 is 2.56 bits per heavy atom. The van der Waals surface area contributed by atoms with Crippen molar-refractivity contribution >= 4 is 22.6 Å². The highest BCUT2D eigenvalue weighted by Crippen LogP contribution is 2.36.